The Labute approximate surface area is 268 Å². The number of hydrogen-bond acceptors (Lipinski definition) is 8. The van der Waals surface area contributed by atoms with E-state index < -0.39 is 53.7 Å². The Kier molecular flexibility index (Phi) is 15.5. The zero-order valence-electron chi connectivity index (χ0n) is 26.6. The molecule has 1 aromatic carbocycles. The van der Waals surface area contributed by atoms with Crippen LogP contribution in [0.5, 0.6) is 0 Å². The number of primary amides is 1. The van der Waals surface area contributed by atoms with Gasteiger partial charge in [0.15, 0.2) is 0 Å². The topological polar surface area (TPSA) is 226 Å². The van der Waals surface area contributed by atoms with Crippen LogP contribution < -0.4 is 27.0 Å². The lowest BCUT2D eigenvalue weighted by Gasteiger charge is -2.30. The molecular weight excluding hydrogens is 600 g/mol. The average Bonchev–Trinajstić information content (AvgIpc) is 3.00. The molecule has 1 fully saturated rings. The highest BCUT2D eigenvalue weighted by molar-refractivity contribution is 5.98. The van der Waals surface area contributed by atoms with Gasteiger partial charge < -0.3 is 41.7 Å². The van der Waals surface area contributed by atoms with Crippen molar-refractivity contribution in [1.82, 2.24) is 20.9 Å². The number of benzene rings is 1. The number of rotatable bonds is 17. The van der Waals surface area contributed by atoms with Gasteiger partial charge in [0, 0.05) is 45.1 Å². The highest BCUT2D eigenvalue weighted by atomic mass is 16.5. The number of nitrogens with zero attached hydrogens (tertiary/aromatic N) is 1. The molecule has 1 aliphatic rings. The van der Waals surface area contributed by atoms with Crippen molar-refractivity contribution in [1.29, 1.82) is 0 Å². The summed E-state index contributed by atoms with van der Waals surface area (Å²) in [7, 11) is 0. The van der Waals surface area contributed by atoms with Crippen molar-refractivity contribution in [2.45, 2.75) is 84.4 Å². The Morgan fingerprint density at radius 2 is 1.61 bits per heavy atom. The van der Waals surface area contributed by atoms with E-state index in [0.717, 1.165) is 5.56 Å². The summed E-state index contributed by atoms with van der Waals surface area (Å²) in [4.78, 5) is 86.7. The molecule has 15 heteroatoms. The SMILES string of the molecule is CC(=O)OCc1ccc(NC(=O)[C@H](CCCNC(N)=O)NC(=O)[C@@H](NC(=O)CCCC(=O)N2CCC(C(=O)O)CC2)C(C)C)cc1. The molecule has 0 radical (unpaired) electrons. The summed E-state index contributed by atoms with van der Waals surface area (Å²) in [5.41, 5.74) is 6.28. The van der Waals surface area contributed by atoms with Gasteiger partial charge >= 0.3 is 18.0 Å². The number of aliphatic carboxylic acids is 1. The number of anilines is 1. The van der Waals surface area contributed by atoms with E-state index in [2.05, 4.69) is 21.3 Å². The van der Waals surface area contributed by atoms with Gasteiger partial charge in [0.25, 0.3) is 0 Å². The molecule has 6 amide bonds. The molecule has 2 atom stereocenters. The van der Waals surface area contributed by atoms with Gasteiger partial charge in [-0.25, -0.2) is 4.79 Å². The molecule has 2 rings (SSSR count). The number of nitrogens with two attached hydrogens (primary N) is 1. The summed E-state index contributed by atoms with van der Waals surface area (Å²) in [6, 6.07) is 3.94. The Bertz CT molecular complexity index is 1230. The molecule has 1 aromatic rings. The predicted molar refractivity (Wildman–Crippen MR) is 167 cm³/mol. The molecule has 7 N–H and O–H groups in total. The van der Waals surface area contributed by atoms with Crippen molar-refractivity contribution in [3.63, 3.8) is 0 Å². The van der Waals surface area contributed by atoms with Gasteiger partial charge in [-0.2, -0.15) is 0 Å². The fourth-order valence-corrected chi connectivity index (χ4v) is 4.86. The number of carbonyl (C=O) groups excluding carboxylic acids is 6. The minimum Gasteiger partial charge on any atom is -0.481 e. The Morgan fingerprint density at radius 1 is 0.957 bits per heavy atom. The number of piperidine rings is 1. The molecule has 254 valence electrons. The largest absolute Gasteiger partial charge is 0.481 e. The lowest BCUT2D eigenvalue weighted by atomic mass is 9.97. The van der Waals surface area contributed by atoms with Gasteiger partial charge in [0.1, 0.15) is 18.7 Å². The van der Waals surface area contributed by atoms with Crippen LogP contribution in [0.1, 0.15) is 71.3 Å². The van der Waals surface area contributed by atoms with Crippen molar-refractivity contribution in [2.75, 3.05) is 25.0 Å². The molecule has 0 bridgehead atoms. The molecule has 15 nitrogen and oxygen atoms in total. The second kappa shape index (κ2) is 19.0. The van der Waals surface area contributed by atoms with Crippen LogP contribution in [0.15, 0.2) is 24.3 Å². The van der Waals surface area contributed by atoms with Crippen LogP contribution in [0, 0.1) is 11.8 Å². The number of amides is 6. The van der Waals surface area contributed by atoms with Gasteiger partial charge in [0.2, 0.25) is 23.6 Å². The van der Waals surface area contributed by atoms with Crippen molar-refractivity contribution in [3.8, 4) is 0 Å². The van der Waals surface area contributed by atoms with Crippen LogP contribution >= 0.6 is 0 Å². The summed E-state index contributed by atoms with van der Waals surface area (Å²) in [5.74, 6) is -3.70. The highest BCUT2D eigenvalue weighted by Crippen LogP contribution is 2.18. The van der Waals surface area contributed by atoms with Crippen molar-refractivity contribution in [3.05, 3.63) is 29.8 Å². The first kappa shape index (κ1) is 37.5. The summed E-state index contributed by atoms with van der Waals surface area (Å²) in [5, 5.41) is 19.7. The van der Waals surface area contributed by atoms with Crippen LogP contribution in [0.3, 0.4) is 0 Å². The first-order valence-electron chi connectivity index (χ1n) is 15.4. The van der Waals surface area contributed by atoms with Crippen LogP contribution in [0.4, 0.5) is 10.5 Å². The quantitative estimate of drug-likeness (QED) is 0.106. The normalized spacial score (nSPS) is 14.5. The standard InChI is InChI=1S/C31H46N6O9/c1-19(2)27(36-25(39)7-4-8-26(40)37-16-13-22(14-17-37)30(43)44)29(42)35-24(6-5-15-33-31(32)45)28(41)34-23-11-9-21(10-12-23)18-46-20(3)38/h9-12,19,22,24,27H,4-8,13-18H2,1-3H3,(H,34,41)(H,35,42)(H,36,39)(H,43,44)(H3,32,33,45)/t24-,27-/m0/s1. The molecule has 0 spiro atoms. The van der Waals surface area contributed by atoms with Gasteiger partial charge in [-0.05, 0) is 55.7 Å². The molecule has 0 aliphatic carbocycles. The van der Waals surface area contributed by atoms with Crippen molar-refractivity contribution < 1.29 is 43.4 Å². The second-order valence-electron chi connectivity index (χ2n) is 11.6. The Morgan fingerprint density at radius 3 is 2.17 bits per heavy atom. The summed E-state index contributed by atoms with van der Waals surface area (Å²) >= 11 is 0. The van der Waals surface area contributed by atoms with Gasteiger partial charge in [-0.1, -0.05) is 26.0 Å². The fraction of sp³-hybridized carbons (Fsp3) is 0.581. The first-order valence-corrected chi connectivity index (χ1v) is 15.4. The van der Waals surface area contributed by atoms with Crippen LogP contribution in [-0.2, 0) is 40.1 Å². The van der Waals surface area contributed by atoms with Crippen molar-refractivity contribution >= 4 is 47.3 Å². The molecule has 0 unspecified atom stereocenters. The van der Waals surface area contributed by atoms with Gasteiger partial charge in [0.05, 0.1) is 5.92 Å². The zero-order chi connectivity index (χ0) is 34.2. The van der Waals surface area contributed by atoms with Crippen LogP contribution in [-0.4, -0.2) is 83.3 Å². The lowest BCUT2D eigenvalue weighted by Crippen LogP contribution is -2.54. The fourth-order valence-electron chi connectivity index (χ4n) is 4.86. The third kappa shape index (κ3) is 13.5. The maximum Gasteiger partial charge on any atom is 0.312 e. The van der Waals surface area contributed by atoms with Gasteiger partial charge in [-0.3, -0.25) is 28.8 Å². The van der Waals surface area contributed by atoms with E-state index in [0.29, 0.717) is 38.0 Å². The van der Waals surface area contributed by atoms with E-state index in [1.807, 2.05) is 0 Å². The summed E-state index contributed by atoms with van der Waals surface area (Å²) < 4.78 is 4.96. The zero-order valence-corrected chi connectivity index (χ0v) is 26.6. The Balaban J connectivity index is 1.95. The van der Waals surface area contributed by atoms with Gasteiger partial charge in [-0.15, -0.1) is 0 Å². The van der Waals surface area contributed by atoms with Crippen LogP contribution in [0.2, 0.25) is 0 Å². The lowest BCUT2D eigenvalue weighted by molar-refractivity contribution is -0.145. The highest BCUT2D eigenvalue weighted by Gasteiger charge is 2.30. The molecule has 0 aromatic heterocycles. The Hall–Kier alpha value is -4.69. The summed E-state index contributed by atoms with van der Waals surface area (Å²) in [6.07, 6.45) is 1.67. The minimum absolute atomic E-state index is 0.00395. The van der Waals surface area contributed by atoms with Crippen molar-refractivity contribution in [2.24, 2.45) is 17.6 Å². The molecule has 1 saturated heterocycles. The number of carbonyl (C=O) groups is 7. The molecule has 46 heavy (non-hydrogen) atoms. The van der Waals surface area contributed by atoms with Crippen LogP contribution in [0.25, 0.3) is 0 Å². The summed E-state index contributed by atoms with van der Waals surface area (Å²) in [6.45, 7) is 5.80. The second-order valence-corrected chi connectivity index (χ2v) is 11.6. The molecule has 0 saturated carbocycles. The number of hydrogen-bond donors (Lipinski definition) is 6. The number of nitrogens with one attached hydrogen (secondary N) is 4. The predicted octanol–water partition coefficient (Wildman–Crippen LogP) is 1.26. The molecule has 1 aliphatic heterocycles. The third-order valence-corrected chi connectivity index (χ3v) is 7.52. The maximum absolute atomic E-state index is 13.3. The number of esters is 1. The van der Waals surface area contributed by atoms with E-state index in [4.69, 9.17) is 15.6 Å². The molecular formula is C31H46N6O9. The number of carboxylic acids is 1. The maximum atomic E-state index is 13.3. The monoisotopic (exact) mass is 646 g/mol. The van der Waals surface area contributed by atoms with E-state index in [1.165, 1.54) is 6.92 Å². The number of ether oxygens (including phenoxy) is 1. The first-order chi connectivity index (χ1) is 21.8. The van der Waals surface area contributed by atoms with E-state index in [9.17, 15) is 33.6 Å². The average molecular weight is 647 g/mol. The third-order valence-electron chi connectivity index (χ3n) is 7.52. The molecule has 1 heterocycles. The van der Waals surface area contributed by atoms with E-state index in [1.54, 1.807) is 43.0 Å². The smallest absolute Gasteiger partial charge is 0.312 e. The number of urea groups is 1. The minimum atomic E-state index is -1.01. The number of carboxylic acid groups (broad SMARTS) is 1. The van der Waals surface area contributed by atoms with E-state index in [-0.39, 0.29) is 50.7 Å². The van der Waals surface area contributed by atoms with E-state index >= 15 is 0 Å². The number of likely N-dealkylation sites (tertiary alicyclic amines) is 1.